The maximum atomic E-state index is 13.1. The van der Waals surface area contributed by atoms with Gasteiger partial charge in [-0.15, -0.1) is 0 Å². The van der Waals surface area contributed by atoms with Gasteiger partial charge in [-0.1, -0.05) is 24.3 Å². The summed E-state index contributed by atoms with van der Waals surface area (Å²) < 4.78 is 0. The van der Waals surface area contributed by atoms with Gasteiger partial charge in [-0.05, 0) is 85.5 Å². The zero-order valence-electron chi connectivity index (χ0n) is 20.9. The number of urea groups is 1. The number of nitrogens with zero attached hydrogens (tertiary/aromatic N) is 2. The number of rotatable bonds is 5. The Morgan fingerprint density at radius 1 is 0.861 bits per heavy atom. The molecule has 7 nitrogen and oxygen atoms in total. The van der Waals surface area contributed by atoms with Gasteiger partial charge < -0.3 is 25.8 Å². The molecule has 3 amide bonds. The average molecular weight is 484 g/mol. The normalized spacial score (nSPS) is 17.4. The summed E-state index contributed by atoms with van der Waals surface area (Å²) in [5, 5.41) is 9.17. The van der Waals surface area contributed by atoms with Gasteiger partial charge in [-0.3, -0.25) is 4.79 Å². The summed E-state index contributed by atoms with van der Waals surface area (Å²) in [5.41, 5.74) is 6.69. The molecule has 2 heterocycles. The van der Waals surface area contributed by atoms with Gasteiger partial charge in [0.15, 0.2) is 0 Å². The number of hydrogen-bond acceptors (Lipinski definition) is 4. The van der Waals surface area contributed by atoms with E-state index < -0.39 is 0 Å². The van der Waals surface area contributed by atoms with E-state index in [1.54, 1.807) is 0 Å². The van der Waals surface area contributed by atoms with Crippen LogP contribution in [0.4, 0.5) is 21.9 Å². The number of hydrogen-bond donors (Lipinski definition) is 3. The van der Waals surface area contributed by atoms with E-state index in [1.165, 1.54) is 11.1 Å². The summed E-state index contributed by atoms with van der Waals surface area (Å²) in [4.78, 5) is 30.4. The molecule has 2 aliphatic rings. The van der Waals surface area contributed by atoms with Crippen molar-refractivity contribution >= 4 is 29.0 Å². The van der Waals surface area contributed by atoms with E-state index in [-0.39, 0.29) is 18.0 Å². The van der Waals surface area contributed by atoms with Crippen LogP contribution in [-0.2, 0) is 13.0 Å². The Morgan fingerprint density at radius 3 is 2.53 bits per heavy atom. The van der Waals surface area contributed by atoms with Crippen LogP contribution >= 0.6 is 0 Å². The van der Waals surface area contributed by atoms with E-state index in [4.69, 9.17) is 0 Å². The van der Waals surface area contributed by atoms with Crippen LogP contribution in [0.25, 0.3) is 0 Å². The molecule has 0 aliphatic carbocycles. The fourth-order valence-electron chi connectivity index (χ4n) is 5.17. The van der Waals surface area contributed by atoms with Crippen molar-refractivity contribution < 1.29 is 9.59 Å². The van der Waals surface area contributed by atoms with Crippen molar-refractivity contribution in [2.75, 3.05) is 43.1 Å². The van der Waals surface area contributed by atoms with E-state index >= 15 is 0 Å². The third-order valence-corrected chi connectivity index (χ3v) is 7.12. The Morgan fingerprint density at radius 2 is 1.67 bits per heavy atom. The number of benzene rings is 3. The van der Waals surface area contributed by atoms with Crippen LogP contribution in [0.2, 0.25) is 0 Å². The molecule has 5 rings (SSSR count). The van der Waals surface area contributed by atoms with Crippen LogP contribution in [0, 0.1) is 0 Å². The van der Waals surface area contributed by atoms with Crippen molar-refractivity contribution in [2.24, 2.45) is 0 Å². The summed E-state index contributed by atoms with van der Waals surface area (Å²) in [7, 11) is 3.97. The van der Waals surface area contributed by atoms with E-state index in [0.29, 0.717) is 12.1 Å². The minimum absolute atomic E-state index is 0.0653. The second kappa shape index (κ2) is 10.4. The molecule has 0 bridgehead atoms. The van der Waals surface area contributed by atoms with E-state index in [1.807, 2.05) is 66.5 Å². The van der Waals surface area contributed by atoms with Crippen LogP contribution < -0.4 is 16.0 Å². The van der Waals surface area contributed by atoms with E-state index in [2.05, 4.69) is 40.0 Å². The van der Waals surface area contributed by atoms with Crippen LogP contribution in [0.1, 0.15) is 45.9 Å². The molecule has 0 radical (unpaired) electrons. The Labute approximate surface area is 212 Å². The smallest absolute Gasteiger partial charge is 0.322 e. The zero-order chi connectivity index (χ0) is 25.1. The van der Waals surface area contributed by atoms with Crippen molar-refractivity contribution in [1.82, 2.24) is 9.80 Å². The minimum Gasteiger partial charge on any atom is -0.388 e. The fraction of sp³-hybridized carbons (Fsp3) is 0.310. The second-order valence-corrected chi connectivity index (χ2v) is 9.66. The van der Waals surface area contributed by atoms with Crippen LogP contribution in [0.5, 0.6) is 0 Å². The Balaban J connectivity index is 1.29. The highest BCUT2D eigenvalue weighted by Gasteiger charge is 2.30. The summed E-state index contributed by atoms with van der Waals surface area (Å²) in [6.07, 6.45) is 2.83. The van der Waals surface area contributed by atoms with Gasteiger partial charge in [0.1, 0.15) is 0 Å². The molecule has 2 aliphatic heterocycles. The van der Waals surface area contributed by atoms with Gasteiger partial charge in [0.2, 0.25) is 0 Å². The lowest BCUT2D eigenvalue weighted by atomic mass is 9.99. The van der Waals surface area contributed by atoms with Crippen LogP contribution in [-0.4, -0.2) is 48.9 Å². The number of carbonyl (C=O) groups excluding carboxylic acids is 2. The first-order valence-corrected chi connectivity index (χ1v) is 12.6. The summed E-state index contributed by atoms with van der Waals surface area (Å²) >= 11 is 0. The number of nitrogens with one attached hydrogen (secondary N) is 3. The summed E-state index contributed by atoms with van der Waals surface area (Å²) in [6.45, 7) is 2.64. The molecule has 7 heteroatoms. The molecule has 36 heavy (non-hydrogen) atoms. The lowest BCUT2D eigenvalue weighted by molar-refractivity contribution is 0.102. The minimum atomic E-state index is -0.140. The van der Waals surface area contributed by atoms with E-state index in [0.717, 1.165) is 55.0 Å². The molecule has 1 atom stereocenters. The van der Waals surface area contributed by atoms with Crippen molar-refractivity contribution in [1.29, 1.82) is 0 Å². The van der Waals surface area contributed by atoms with Gasteiger partial charge in [0.25, 0.3) is 5.91 Å². The summed E-state index contributed by atoms with van der Waals surface area (Å²) in [5.74, 6) is -0.140. The topological polar surface area (TPSA) is 76.7 Å². The average Bonchev–Trinajstić information content (AvgIpc) is 3.39. The molecule has 3 aromatic rings. The van der Waals surface area contributed by atoms with Crippen molar-refractivity contribution in [3.8, 4) is 0 Å². The molecule has 0 aromatic heterocycles. The maximum Gasteiger partial charge on any atom is 0.322 e. The largest absolute Gasteiger partial charge is 0.388 e. The monoisotopic (exact) mass is 483 g/mol. The molecule has 186 valence electrons. The van der Waals surface area contributed by atoms with Crippen LogP contribution in [0.15, 0.2) is 66.7 Å². The SMILES string of the molecule is CNc1cccc(NC(=O)N2CCC[C@H]2c2cccc(C(=O)Nc3ccc4c(c3)CN(C)CC4)c2)c1. The zero-order valence-corrected chi connectivity index (χ0v) is 20.9. The number of amides is 3. The summed E-state index contributed by atoms with van der Waals surface area (Å²) in [6, 6.07) is 21.3. The molecule has 0 saturated carbocycles. The molecular formula is C29H33N5O2. The first kappa shape index (κ1) is 23.9. The third kappa shape index (κ3) is 5.21. The molecular weight excluding hydrogens is 450 g/mol. The highest BCUT2D eigenvalue weighted by Crippen LogP contribution is 2.33. The highest BCUT2D eigenvalue weighted by molar-refractivity contribution is 6.04. The van der Waals surface area contributed by atoms with Crippen molar-refractivity contribution in [2.45, 2.75) is 31.8 Å². The number of carbonyl (C=O) groups is 2. The lowest BCUT2D eigenvalue weighted by Crippen LogP contribution is -2.34. The van der Waals surface area contributed by atoms with Gasteiger partial charge in [-0.2, -0.15) is 0 Å². The predicted octanol–water partition coefficient (Wildman–Crippen LogP) is 5.34. The quantitative estimate of drug-likeness (QED) is 0.458. The van der Waals surface area contributed by atoms with Crippen molar-refractivity contribution in [3.63, 3.8) is 0 Å². The molecule has 3 aromatic carbocycles. The first-order chi connectivity index (χ1) is 17.5. The van der Waals surface area contributed by atoms with E-state index in [9.17, 15) is 9.59 Å². The molecule has 3 N–H and O–H groups in total. The van der Waals surface area contributed by atoms with Gasteiger partial charge in [0.05, 0.1) is 6.04 Å². The van der Waals surface area contributed by atoms with Gasteiger partial charge in [0, 0.05) is 49.3 Å². The number of fused-ring (bicyclic) bond motifs is 1. The third-order valence-electron chi connectivity index (χ3n) is 7.12. The number of likely N-dealkylation sites (tertiary alicyclic amines) is 1. The molecule has 0 unspecified atom stereocenters. The number of likely N-dealkylation sites (N-methyl/N-ethyl adjacent to an activating group) is 1. The Bertz CT molecular complexity index is 1270. The standard InChI is InChI=1S/C29H33N5O2/c1-30-24-8-4-9-25(18-24)32-29(36)34-14-5-10-27(34)21-6-3-7-22(16-21)28(35)31-26-12-11-20-13-15-33(2)19-23(20)17-26/h3-4,6-9,11-12,16-18,27,30H,5,10,13-15,19H2,1-2H3,(H,31,35)(H,32,36)/t27-/m0/s1. The van der Waals surface area contributed by atoms with Crippen LogP contribution in [0.3, 0.4) is 0 Å². The predicted molar refractivity (Wildman–Crippen MR) is 145 cm³/mol. The van der Waals surface area contributed by atoms with Gasteiger partial charge >= 0.3 is 6.03 Å². The second-order valence-electron chi connectivity index (χ2n) is 9.66. The number of anilines is 3. The van der Waals surface area contributed by atoms with Crippen molar-refractivity contribution in [3.05, 3.63) is 89.0 Å². The highest BCUT2D eigenvalue weighted by atomic mass is 16.2. The fourth-order valence-corrected chi connectivity index (χ4v) is 5.17. The molecule has 1 saturated heterocycles. The molecule has 1 fully saturated rings. The Hall–Kier alpha value is -3.84. The molecule has 0 spiro atoms. The lowest BCUT2D eigenvalue weighted by Gasteiger charge is -2.26. The first-order valence-electron chi connectivity index (χ1n) is 12.6. The van der Waals surface area contributed by atoms with Gasteiger partial charge in [-0.25, -0.2) is 4.79 Å². The Kier molecular flexibility index (Phi) is 6.91. The maximum absolute atomic E-state index is 13.1.